The van der Waals surface area contributed by atoms with E-state index in [1.807, 2.05) is 0 Å². The fourth-order valence-corrected chi connectivity index (χ4v) is 3.18. The molecule has 0 heterocycles. The van der Waals surface area contributed by atoms with Gasteiger partial charge in [0.2, 0.25) is 0 Å². The second kappa shape index (κ2) is 9.28. The van der Waals surface area contributed by atoms with E-state index < -0.39 is 47.0 Å². The molecule has 0 N–H and O–H groups in total. The number of hydrogen-bond acceptors (Lipinski definition) is 0. The quantitative estimate of drug-likeness (QED) is 0.193. The lowest BCUT2D eigenvalue weighted by Crippen LogP contribution is -2.11. The number of benzene rings is 2. The zero-order valence-electron chi connectivity index (χ0n) is 13.8. The molecule has 0 aliphatic carbocycles. The van der Waals surface area contributed by atoms with Gasteiger partial charge in [0.25, 0.3) is 0 Å². The highest BCUT2D eigenvalue weighted by molar-refractivity contribution is 14.1. The molecule has 0 bridgehead atoms. The molecular formula is C16H6F12I2. The van der Waals surface area contributed by atoms with Gasteiger partial charge in [-0.1, -0.05) is 0 Å². The van der Waals surface area contributed by atoms with Crippen molar-refractivity contribution in [3.8, 4) is 0 Å². The first-order valence-corrected chi connectivity index (χ1v) is 9.27. The van der Waals surface area contributed by atoms with Crippen LogP contribution in [0.3, 0.4) is 0 Å². The van der Waals surface area contributed by atoms with Crippen LogP contribution in [0.2, 0.25) is 0 Å². The van der Waals surface area contributed by atoms with E-state index in [0.717, 1.165) is 0 Å². The third kappa shape index (κ3) is 8.30. The normalized spacial score (nSPS) is 13.0. The van der Waals surface area contributed by atoms with E-state index in [0.29, 0.717) is 24.3 Å². The Morgan fingerprint density at radius 2 is 0.533 bits per heavy atom. The van der Waals surface area contributed by atoms with E-state index in [4.69, 9.17) is 0 Å². The molecule has 2 rings (SSSR count). The van der Waals surface area contributed by atoms with Crippen molar-refractivity contribution < 1.29 is 52.7 Å². The van der Waals surface area contributed by atoms with E-state index in [1.54, 1.807) is 0 Å². The van der Waals surface area contributed by atoms with Crippen LogP contribution in [0.25, 0.3) is 0 Å². The van der Waals surface area contributed by atoms with Gasteiger partial charge in [0.05, 0.1) is 22.3 Å². The van der Waals surface area contributed by atoms with E-state index in [9.17, 15) is 52.7 Å². The molecule has 0 aliphatic heterocycles. The lowest BCUT2D eigenvalue weighted by Gasteiger charge is -2.11. The third-order valence-electron chi connectivity index (χ3n) is 3.10. The van der Waals surface area contributed by atoms with Gasteiger partial charge in [-0.25, -0.2) is 0 Å². The van der Waals surface area contributed by atoms with Crippen LogP contribution in [0.1, 0.15) is 22.3 Å². The molecule has 0 spiro atoms. The molecule has 168 valence electrons. The second-order valence-corrected chi connectivity index (χ2v) is 7.94. The summed E-state index contributed by atoms with van der Waals surface area (Å²) in [5, 5.41) is 0. The van der Waals surface area contributed by atoms with Gasteiger partial charge in [0, 0.05) is 7.14 Å². The minimum absolute atomic E-state index is 0.0994. The Morgan fingerprint density at radius 1 is 0.367 bits per heavy atom. The van der Waals surface area contributed by atoms with E-state index in [1.165, 1.54) is 45.2 Å². The summed E-state index contributed by atoms with van der Waals surface area (Å²) in [5.74, 6) is 0. The highest BCUT2D eigenvalue weighted by Gasteiger charge is 2.37. The minimum atomic E-state index is -4.76. The monoisotopic (exact) mass is 680 g/mol. The Labute approximate surface area is 187 Å². The van der Waals surface area contributed by atoms with Crippen LogP contribution in [-0.2, 0) is 24.7 Å². The summed E-state index contributed by atoms with van der Waals surface area (Å²) in [7, 11) is 0. The predicted molar refractivity (Wildman–Crippen MR) is 98.3 cm³/mol. The van der Waals surface area contributed by atoms with Crippen LogP contribution in [0.5, 0.6) is 0 Å². The average Bonchev–Trinajstić information content (AvgIpc) is 2.51. The van der Waals surface area contributed by atoms with E-state index >= 15 is 0 Å². The maximum atomic E-state index is 12.2. The molecular weight excluding hydrogens is 674 g/mol. The zero-order chi connectivity index (χ0) is 23.7. The minimum Gasteiger partial charge on any atom is -0.166 e. The van der Waals surface area contributed by atoms with Gasteiger partial charge in [0.1, 0.15) is 0 Å². The molecule has 2 aromatic rings. The van der Waals surface area contributed by atoms with Crippen molar-refractivity contribution in [1.82, 2.24) is 0 Å². The topological polar surface area (TPSA) is 0 Å². The molecule has 0 fully saturated rings. The van der Waals surface area contributed by atoms with Crippen molar-refractivity contribution in [3.05, 3.63) is 65.8 Å². The van der Waals surface area contributed by atoms with Crippen LogP contribution in [-0.4, -0.2) is 0 Å². The summed E-state index contributed by atoms with van der Waals surface area (Å²) in [6, 6.07) is 2.85. The summed E-state index contributed by atoms with van der Waals surface area (Å²) < 4.78 is 146. The van der Waals surface area contributed by atoms with Gasteiger partial charge >= 0.3 is 24.7 Å². The molecule has 0 nitrogen and oxygen atoms in total. The molecule has 0 radical (unpaired) electrons. The zero-order valence-corrected chi connectivity index (χ0v) is 18.1. The first-order chi connectivity index (χ1) is 13.2. The number of hydrogen-bond donors (Lipinski definition) is 0. The van der Waals surface area contributed by atoms with E-state index in [2.05, 4.69) is 0 Å². The Bertz CT molecular complexity index is 738. The molecule has 14 heteroatoms. The summed E-state index contributed by atoms with van der Waals surface area (Å²) in [6.07, 6.45) is -19.1. The Kier molecular flexibility index (Phi) is 8.38. The smallest absolute Gasteiger partial charge is 0.166 e. The molecule has 30 heavy (non-hydrogen) atoms. The molecule has 0 aromatic heterocycles. The van der Waals surface area contributed by atoms with Gasteiger partial charge in [-0.15, -0.1) is 0 Å². The fraction of sp³-hybridized carbons (Fsp3) is 0.250. The summed E-state index contributed by atoms with van der Waals surface area (Å²) >= 11 is 2.82. The van der Waals surface area contributed by atoms with Crippen molar-refractivity contribution in [1.29, 1.82) is 0 Å². The number of alkyl halides is 12. The first kappa shape index (κ1) is 27.1. The average molecular weight is 680 g/mol. The summed E-state index contributed by atoms with van der Waals surface area (Å²) in [4.78, 5) is 0. The molecule has 0 saturated heterocycles. The molecule has 0 aliphatic rings. The van der Waals surface area contributed by atoms with Gasteiger partial charge in [0.15, 0.2) is 0 Å². The number of rotatable bonds is 0. The van der Waals surface area contributed by atoms with E-state index in [-0.39, 0.29) is 19.3 Å². The van der Waals surface area contributed by atoms with Gasteiger partial charge in [-0.3, -0.25) is 0 Å². The van der Waals surface area contributed by atoms with Crippen molar-refractivity contribution in [2.75, 3.05) is 0 Å². The first-order valence-electron chi connectivity index (χ1n) is 7.11. The molecule has 2 aromatic carbocycles. The number of halogens is 14. The van der Waals surface area contributed by atoms with Crippen LogP contribution in [0.15, 0.2) is 36.4 Å². The highest BCUT2D eigenvalue weighted by atomic mass is 127. The van der Waals surface area contributed by atoms with Gasteiger partial charge < -0.3 is 0 Å². The predicted octanol–water partition coefficient (Wildman–Crippen LogP) is 8.66. The van der Waals surface area contributed by atoms with Crippen LogP contribution >= 0.6 is 45.2 Å². The van der Waals surface area contributed by atoms with Crippen LogP contribution in [0, 0.1) is 7.14 Å². The lowest BCUT2D eigenvalue weighted by molar-refractivity contribution is -0.144. The fourth-order valence-electron chi connectivity index (χ4n) is 1.83. The Balaban J connectivity index is 0.000000300. The van der Waals surface area contributed by atoms with Crippen LogP contribution in [0.4, 0.5) is 52.7 Å². The summed E-state index contributed by atoms with van der Waals surface area (Å²) in [6.45, 7) is 0. The lowest BCUT2D eigenvalue weighted by atomic mass is 10.1. The van der Waals surface area contributed by atoms with Gasteiger partial charge in [-0.05, 0) is 81.6 Å². The third-order valence-corrected chi connectivity index (χ3v) is 4.35. The molecule has 0 unspecified atom stereocenters. The highest BCUT2D eigenvalue weighted by Crippen LogP contribution is 2.37. The van der Waals surface area contributed by atoms with Gasteiger partial charge in [-0.2, -0.15) is 52.7 Å². The Morgan fingerprint density at radius 3 is 0.667 bits per heavy atom. The standard InChI is InChI=1S/2C8H3F6I/c2*9-7(10,11)4-1-5(8(12,13)14)3-6(15)2-4/h2*1-3H. The Hall–Kier alpha value is -0.940. The second-order valence-electron chi connectivity index (χ2n) is 5.45. The van der Waals surface area contributed by atoms with Crippen LogP contribution < -0.4 is 0 Å². The van der Waals surface area contributed by atoms with Crippen molar-refractivity contribution in [2.45, 2.75) is 24.7 Å². The maximum Gasteiger partial charge on any atom is 0.416 e. The maximum absolute atomic E-state index is 12.2. The van der Waals surface area contributed by atoms with Crippen molar-refractivity contribution in [2.24, 2.45) is 0 Å². The van der Waals surface area contributed by atoms with Crippen molar-refractivity contribution >= 4 is 45.2 Å². The molecule has 0 saturated carbocycles. The van der Waals surface area contributed by atoms with Crippen molar-refractivity contribution in [3.63, 3.8) is 0 Å². The molecule has 0 atom stereocenters. The largest absolute Gasteiger partial charge is 0.416 e. The molecule has 0 amide bonds. The SMILES string of the molecule is FC(F)(F)c1cc(I)cc(C(F)(F)F)c1.FC(F)(F)c1cc(I)cc(C(F)(F)F)c1. The summed E-state index contributed by atoms with van der Waals surface area (Å²) in [5.41, 5.74) is -5.16.